The molecule has 0 saturated carbocycles. The van der Waals surface area contributed by atoms with Gasteiger partial charge in [0.25, 0.3) is 14.4 Å². The van der Waals surface area contributed by atoms with E-state index in [-0.39, 0.29) is 15.4 Å². The van der Waals surface area contributed by atoms with Gasteiger partial charge in [0.15, 0.2) is 5.13 Å². The van der Waals surface area contributed by atoms with Gasteiger partial charge in [0.2, 0.25) is 5.13 Å². The van der Waals surface area contributed by atoms with Crippen molar-refractivity contribution < 1.29 is 8.42 Å². The molecular weight excluding hydrogens is 294 g/mol. The first-order chi connectivity index (χ1) is 8.38. The average Bonchev–Trinajstić information content (AvgIpc) is 2.86. The molecule has 0 aliphatic rings. The molecule has 98 valence electrons. The molecule has 0 fully saturated rings. The van der Waals surface area contributed by atoms with Crippen molar-refractivity contribution in [1.82, 2.24) is 15.2 Å². The summed E-state index contributed by atoms with van der Waals surface area (Å²) >= 11 is 2.04. The van der Waals surface area contributed by atoms with E-state index in [0.717, 1.165) is 17.0 Å². The van der Waals surface area contributed by atoms with Crippen molar-refractivity contribution in [2.45, 2.75) is 24.1 Å². The summed E-state index contributed by atoms with van der Waals surface area (Å²) in [4.78, 5) is 4.18. The lowest BCUT2D eigenvalue weighted by atomic mass is 10.2. The van der Waals surface area contributed by atoms with E-state index in [1.54, 1.807) is 0 Å². The molecule has 0 saturated heterocycles. The first-order valence-corrected chi connectivity index (χ1v) is 8.13. The maximum absolute atomic E-state index is 11.9. The van der Waals surface area contributed by atoms with Crippen molar-refractivity contribution in [2.24, 2.45) is 0 Å². The van der Waals surface area contributed by atoms with Gasteiger partial charge in [-0.05, 0) is 5.92 Å². The summed E-state index contributed by atoms with van der Waals surface area (Å²) in [5.74, 6) is 0.247. The molecule has 2 heterocycles. The van der Waals surface area contributed by atoms with Crippen molar-refractivity contribution >= 4 is 43.0 Å². The van der Waals surface area contributed by atoms with E-state index in [9.17, 15) is 8.42 Å². The monoisotopic (exact) mass is 305 g/mol. The summed E-state index contributed by atoms with van der Waals surface area (Å²) in [6.45, 7) is 3.97. The number of nitrogen functional groups attached to an aromatic ring is 1. The lowest BCUT2D eigenvalue weighted by molar-refractivity contribution is 0.599. The first kappa shape index (κ1) is 13.2. The maximum Gasteiger partial charge on any atom is 0.293 e. The number of nitrogens with two attached hydrogens (primary N) is 1. The predicted molar refractivity (Wildman–Crippen MR) is 71.3 cm³/mol. The highest BCUT2D eigenvalue weighted by molar-refractivity contribution is 7.94. The van der Waals surface area contributed by atoms with Crippen LogP contribution in [0.5, 0.6) is 0 Å². The summed E-state index contributed by atoms with van der Waals surface area (Å²) in [6.07, 6.45) is 0. The zero-order chi connectivity index (χ0) is 13.3. The fourth-order valence-corrected chi connectivity index (χ4v) is 4.00. The van der Waals surface area contributed by atoms with E-state index in [1.807, 2.05) is 19.2 Å². The van der Waals surface area contributed by atoms with Gasteiger partial charge in [0, 0.05) is 5.38 Å². The predicted octanol–water partition coefficient (Wildman–Crippen LogP) is 1.50. The topological polar surface area (TPSA) is 111 Å². The normalized spacial score (nSPS) is 11.9. The van der Waals surface area contributed by atoms with Crippen LogP contribution in [0.1, 0.15) is 25.5 Å². The molecule has 0 aromatic carbocycles. The van der Waals surface area contributed by atoms with Crippen molar-refractivity contribution in [3.05, 3.63) is 11.1 Å². The van der Waals surface area contributed by atoms with Gasteiger partial charge in [-0.1, -0.05) is 25.2 Å². The molecule has 0 radical (unpaired) electrons. The zero-order valence-corrected chi connectivity index (χ0v) is 12.1. The fourth-order valence-electron chi connectivity index (χ4n) is 1.09. The smallest absolute Gasteiger partial charge is 0.293 e. The Balaban J connectivity index is 2.22. The van der Waals surface area contributed by atoms with Gasteiger partial charge in [0.1, 0.15) is 0 Å². The molecule has 2 rings (SSSR count). The Kier molecular flexibility index (Phi) is 3.50. The third-order valence-electron chi connectivity index (χ3n) is 1.99. The third-order valence-corrected chi connectivity index (χ3v) is 5.35. The summed E-state index contributed by atoms with van der Waals surface area (Å²) in [7, 11) is -3.74. The molecule has 7 nitrogen and oxygen atoms in total. The minimum Gasteiger partial charge on any atom is -0.374 e. The minimum atomic E-state index is -3.74. The number of hydrogen-bond donors (Lipinski definition) is 2. The molecule has 0 amide bonds. The van der Waals surface area contributed by atoms with Crippen LogP contribution < -0.4 is 10.5 Å². The highest BCUT2D eigenvalue weighted by atomic mass is 32.2. The van der Waals surface area contributed by atoms with E-state index >= 15 is 0 Å². The molecule has 0 atom stereocenters. The number of aromatic nitrogens is 3. The number of hydrogen-bond acceptors (Lipinski definition) is 8. The van der Waals surface area contributed by atoms with E-state index in [0.29, 0.717) is 5.13 Å². The lowest BCUT2D eigenvalue weighted by Gasteiger charge is -2.00. The Bertz CT molecular complexity index is 645. The van der Waals surface area contributed by atoms with Gasteiger partial charge in [-0.25, -0.2) is 4.98 Å². The number of thiazole rings is 1. The van der Waals surface area contributed by atoms with Gasteiger partial charge in [-0.2, -0.15) is 8.42 Å². The molecule has 0 aliphatic carbocycles. The average molecular weight is 305 g/mol. The molecule has 2 aromatic rings. The Morgan fingerprint density at radius 1 is 1.39 bits per heavy atom. The van der Waals surface area contributed by atoms with Crippen LogP contribution in [0.2, 0.25) is 0 Å². The summed E-state index contributed by atoms with van der Waals surface area (Å²) in [5, 5.41) is 9.20. The molecular formula is C8H11N5O2S3. The molecule has 18 heavy (non-hydrogen) atoms. The van der Waals surface area contributed by atoms with Gasteiger partial charge in [0.05, 0.1) is 5.69 Å². The number of nitrogens with one attached hydrogen (secondary N) is 1. The van der Waals surface area contributed by atoms with E-state index < -0.39 is 10.0 Å². The number of sulfonamides is 1. The minimum absolute atomic E-state index is 0.109. The van der Waals surface area contributed by atoms with E-state index in [1.165, 1.54) is 11.3 Å². The quantitative estimate of drug-likeness (QED) is 0.885. The van der Waals surface area contributed by atoms with Crippen LogP contribution >= 0.6 is 22.7 Å². The SMILES string of the molecule is CC(C)c1csc(NS(=O)(=O)c2nnc(N)s2)n1. The molecule has 0 unspecified atom stereocenters. The molecule has 0 aliphatic heterocycles. The second-order valence-electron chi connectivity index (χ2n) is 3.74. The number of nitrogens with zero attached hydrogens (tertiary/aromatic N) is 3. The van der Waals surface area contributed by atoms with Crippen LogP contribution in [-0.2, 0) is 10.0 Å². The van der Waals surface area contributed by atoms with Crippen LogP contribution in [0.3, 0.4) is 0 Å². The van der Waals surface area contributed by atoms with E-state index in [4.69, 9.17) is 5.73 Å². The largest absolute Gasteiger partial charge is 0.374 e. The van der Waals surface area contributed by atoms with Crippen molar-refractivity contribution in [3.8, 4) is 0 Å². The van der Waals surface area contributed by atoms with Crippen LogP contribution in [-0.4, -0.2) is 23.6 Å². The maximum atomic E-state index is 11.9. The van der Waals surface area contributed by atoms with Crippen LogP contribution in [0.4, 0.5) is 10.3 Å². The summed E-state index contributed by atoms with van der Waals surface area (Å²) in [6, 6.07) is 0. The Hall–Kier alpha value is -1.26. The van der Waals surface area contributed by atoms with Gasteiger partial charge in [-0.3, -0.25) is 4.72 Å². The van der Waals surface area contributed by atoms with E-state index in [2.05, 4.69) is 19.9 Å². The molecule has 10 heteroatoms. The van der Waals surface area contributed by atoms with Crippen LogP contribution in [0.25, 0.3) is 0 Å². The Morgan fingerprint density at radius 3 is 2.61 bits per heavy atom. The van der Waals surface area contributed by atoms with Crippen LogP contribution in [0.15, 0.2) is 9.72 Å². The van der Waals surface area contributed by atoms with Gasteiger partial charge in [-0.15, -0.1) is 21.5 Å². The van der Waals surface area contributed by atoms with Crippen molar-refractivity contribution in [3.63, 3.8) is 0 Å². The first-order valence-electron chi connectivity index (χ1n) is 4.95. The number of rotatable bonds is 4. The Morgan fingerprint density at radius 2 is 2.11 bits per heavy atom. The second kappa shape index (κ2) is 4.78. The molecule has 3 N–H and O–H groups in total. The fraction of sp³-hybridized carbons (Fsp3) is 0.375. The zero-order valence-electron chi connectivity index (χ0n) is 9.61. The standard InChI is InChI=1S/C8H11N5O2S3/c1-4(2)5-3-16-7(10-5)13-18(14,15)8-12-11-6(9)17-8/h3-4H,1-2H3,(H2,9,11)(H,10,13). The molecule has 2 aromatic heterocycles. The third kappa shape index (κ3) is 2.76. The lowest BCUT2D eigenvalue weighted by Crippen LogP contribution is -2.12. The summed E-state index contributed by atoms with van der Waals surface area (Å²) < 4.78 is 26.0. The number of anilines is 2. The molecule has 0 bridgehead atoms. The van der Waals surface area contributed by atoms with Gasteiger partial charge < -0.3 is 5.73 Å². The highest BCUT2D eigenvalue weighted by Crippen LogP contribution is 2.25. The Labute approximate surface area is 112 Å². The van der Waals surface area contributed by atoms with Crippen molar-refractivity contribution in [2.75, 3.05) is 10.5 Å². The van der Waals surface area contributed by atoms with Gasteiger partial charge >= 0.3 is 0 Å². The second-order valence-corrected chi connectivity index (χ2v) is 7.47. The van der Waals surface area contributed by atoms with Crippen LogP contribution in [0, 0.1) is 0 Å². The van der Waals surface area contributed by atoms with Crippen molar-refractivity contribution in [1.29, 1.82) is 0 Å². The highest BCUT2D eigenvalue weighted by Gasteiger charge is 2.21. The molecule has 0 spiro atoms. The summed E-state index contributed by atoms with van der Waals surface area (Å²) in [5.41, 5.74) is 6.19.